The Bertz CT molecular complexity index is 388. The molecule has 0 spiro atoms. The smallest absolute Gasteiger partial charge is 0.203 e. The van der Waals surface area contributed by atoms with Crippen LogP contribution in [0.3, 0.4) is 0 Å². The zero-order valence-corrected chi connectivity index (χ0v) is 13.5. The van der Waals surface area contributed by atoms with Gasteiger partial charge >= 0.3 is 0 Å². The van der Waals surface area contributed by atoms with Crippen LogP contribution in [0.4, 0.5) is 0 Å². The first-order valence-corrected chi connectivity index (χ1v) is 6.04. The van der Waals surface area contributed by atoms with Gasteiger partial charge in [0.1, 0.15) is 0 Å². The Labute approximate surface area is 132 Å². The number of hydrogen-bond acceptors (Lipinski definition) is 5. The lowest BCUT2D eigenvalue weighted by Crippen LogP contribution is -2.42. The Balaban J connectivity index is 0.00000180. The Morgan fingerprint density at radius 3 is 1.95 bits per heavy atom. The van der Waals surface area contributed by atoms with Gasteiger partial charge in [0, 0.05) is 25.7 Å². The largest absolute Gasteiger partial charge is 0.493 e. The molecule has 1 aliphatic heterocycles. The van der Waals surface area contributed by atoms with Crippen LogP contribution in [0.15, 0.2) is 12.1 Å². The Hall–Kier alpha value is -0.880. The molecule has 1 fully saturated rings. The van der Waals surface area contributed by atoms with Gasteiger partial charge in [0.25, 0.3) is 0 Å². The van der Waals surface area contributed by atoms with E-state index in [0.29, 0.717) is 17.2 Å². The van der Waals surface area contributed by atoms with Crippen LogP contribution in [0.25, 0.3) is 0 Å². The number of rotatable bonds is 4. The second-order valence-electron chi connectivity index (χ2n) is 4.17. The minimum Gasteiger partial charge on any atom is -0.493 e. The van der Waals surface area contributed by atoms with Crippen molar-refractivity contribution >= 4 is 24.8 Å². The summed E-state index contributed by atoms with van der Waals surface area (Å²) in [7, 11) is 4.88. The van der Waals surface area contributed by atoms with Crippen LogP contribution >= 0.6 is 24.8 Å². The van der Waals surface area contributed by atoms with Crippen molar-refractivity contribution in [1.82, 2.24) is 10.6 Å². The highest BCUT2D eigenvalue weighted by molar-refractivity contribution is 5.85. The molecule has 0 radical (unpaired) electrons. The molecule has 1 heterocycles. The third kappa shape index (κ3) is 4.06. The summed E-state index contributed by atoms with van der Waals surface area (Å²) < 4.78 is 16.0. The first-order valence-electron chi connectivity index (χ1n) is 6.04. The summed E-state index contributed by atoms with van der Waals surface area (Å²) in [5.74, 6) is 2.02. The zero-order chi connectivity index (χ0) is 13.0. The van der Waals surface area contributed by atoms with E-state index in [4.69, 9.17) is 14.2 Å². The molecule has 7 heteroatoms. The number of hydrogen-bond donors (Lipinski definition) is 2. The highest BCUT2D eigenvalue weighted by Gasteiger charge is 2.19. The molecule has 0 bridgehead atoms. The average molecular weight is 325 g/mol. The van der Waals surface area contributed by atoms with Crippen LogP contribution in [0.1, 0.15) is 11.6 Å². The molecule has 5 nitrogen and oxygen atoms in total. The third-order valence-electron chi connectivity index (χ3n) is 3.13. The van der Waals surface area contributed by atoms with E-state index >= 15 is 0 Å². The van der Waals surface area contributed by atoms with Gasteiger partial charge < -0.3 is 24.8 Å². The van der Waals surface area contributed by atoms with Crippen molar-refractivity contribution in [3.05, 3.63) is 17.7 Å². The van der Waals surface area contributed by atoms with Gasteiger partial charge in [0.2, 0.25) is 5.75 Å². The summed E-state index contributed by atoms with van der Waals surface area (Å²) in [5.41, 5.74) is 1.14. The van der Waals surface area contributed by atoms with Crippen LogP contribution < -0.4 is 24.8 Å². The van der Waals surface area contributed by atoms with Crippen molar-refractivity contribution in [2.75, 3.05) is 41.0 Å². The molecule has 2 N–H and O–H groups in total. The minimum absolute atomic E-state index is 0. The number of benzene rings is 1. The zero-order valence-electron chi connectivity index (χ0n) is 11.9. The maximum atomic E-state index is 5.36. The highest BCUT2D eigenvalue weighted by Crippen LogP contribution is 2.39. The molecule has 0 amide bonds. The molecule has 1 atom stereocenters. The molecule has 1 aliphatic rings. The van der Waals surface area contributed by atoms with Gasteiger partial charge in [0.05, 0.1) is 21.3 Å². The lowest BCUT2D eigenvalue weighted by molar-refractivity contribution is 0.322. The quantitative estimate of drug-likeness (QED) is 0.884. The summed E-state index contributed by atoms with van der Waals surface area (Å²) in [5, 5.41) is 6.82. The van der Waals surface area contributed by atoms with E-state index in [1.807, 2.05) is 12.1 Å². The van der Waals surface area contributed by atoms with Gasteiger partial charge in [-0.05, 0) is 17.7 Å². The molecule has 1 unspecified atom stereocenters. The van der Waals surface area contributed by atoms with E-state index in [1.54, 1.807) is 21.3 Å². The number of ether oxygens (including phenoxy) is 3. The third-order valence-corrected chi connectivity index (χ3v) is 3.13. The van der Waals surface area contributed by atoms with Gasteiger partial charge in [-0.2, -0.15) is 0 Å². The number of piperazine rings is 1. The van der Waals surface area contributed by atoms with Crippen molar-refractivity contribution in [1.29, 1.82) is 0 Å². The summed E-state index contributed by atoms with van der Waals surface area (Å²) in [6.07, 6.45) is 0. The van der Waals surface area contributed by atoms with Crippen LogP contribution in [0.2, 0.25) is 0 Å². The normalized spacial score (nSPS) is 17.4. The molecule has 116 valence electrons. The predicted octanol–water partition coefficient (Wildman–Crippen LogP) is 1.79. The standard InChI is InChI=1S/C13H20N2O3.2ClH/c1-16-11-6-9(10-8-14-4-5-15-10)7-12(17-2)13(11)18-3;;/h6-7,10,14-15H,4-5,8H2,1-3H3;2*1H. The summed E-state index contributed by atoms with van der Waals surface area (Å²) in [6.45, 7) is 2.86. The maximum Gasteiger partial charge on any atom is 0.203 e. The number of methoxy groups -OCH3 is 3. The molecular formula is C13H22Cl2N2O3. The van der Waals surface area contributed by atoms with Crippen LogP contribution in [0.5, 0.6) is 17.2 Å². The highest BCUT2D eigenvalue weighted by atomic mass is 35.5. The first kappa shape index (κ1) is 19.1. The van der Waals surface area contributed by atoms with E-state index in [-0.39, 0.29) is 30.9 Å². The molecule has 2 rings (SSSR count). The Kier molecular flexibility index (Phi) is 8.73. The van der Waals surface area contributed by atoms with E-state index < -0.39 is 0 Å². The Morgan fingerprint density at radius 1 is 0.950 bits per heavy atom. The monoisotopic (exact) mass is 324 g/mol. The fourth-order valence-electron chi connectivity index (χ4n) is 2.19. The predicted molar refractivity (Wildman–Crippen MR) is 84.2 cm³/mol. The van der Waals surface area contributed by atoms with Crippen LogP contribution in [-0.2, 0) is 0 Å². The molecule has 1 aromatic rings. The van der Waals surface area contributed by atoms with Gasteiger partial charge in [-0.1, -0.05) is 0 Å². The van der Waals surface area contributed by atoms with Crippen LogP contribution in [-0.4, -0.2) is 41.0 Å². The van der Waals surface area contributed by atoms with E-state index in [9.17, 15) is 0 Å². The van der Waals surface area contributed by atoms with Gasteiger partial charge in [-0.15, -0.1) is 24.8 Å². The van der Waals surface area contributed by atoms with E-state index in [2.05, 4.69) is 10.6 Å². The van der Waals surface area contributed by atoms with Crippen molar-refractivity contribution in [3.8, 4) is 17.2 Å². The van der Waals surface area contributed by atoms with Gasteiger partial charge in [-0.25, -0.2) is 0 Å². The lowest BCUT2D eigenvalue weighted by atomic mass is 10.0. The second kappa shape index (κ2) is 9.13. The van der Waals surface area contributed by atoms with Gasteiger partial charge in [-0.3, -0.25) is 0 Å². The molecule has 0 aromatic heterocycles. The minimum atomic E-state index is 0. The van der Waals surface area contributed by atoms with Crippen molar-refractivity contribution in [2.24, 2.45) is 0 Å². The lowest BCUT2D eigenvalue weighted by Gasteiger charge is -2.26. The number of halogens is 2. The average Bonchev–Trinajstić information content (AvgIpc) is 2.46. The summed E-state index contributed by atoms with van der Waals surface area (Å²) in [6, 6.07) is 4.25. The van der Waals surface area contributed by atoms with Crippen molar-refractivity contribution in [2.45, 2.75) is 6.04 Å². The maximum absolute atomic E-state index is 5.36. The van der Waals surface area contributed by atoms with E-state index in [1.165, 1.54) is 0 Å². The Morgan fingerprint density at radius 2 is 1.55 bits per heavy atom. The topological polar surface area (TPSA) is 51.8 Å². The SMILES string of the molecule is COc1cc(C2CNCCN2)cc(OC)c1OC.Cl.Cl. The van der Waals surface area contributed by atoms with Crippen molar-refractivity contribution < 1.29 is 14.2 Å². The molecule has 0 saturated carbocycles. The summed E-state index contributed by atoms with van der Waals surface area (Å²) in [4.78, 5) is 0. The molecule has 1 aromatic carbocycles. The molecular weight excluding hydrogens is 303 g/mol. The molecule has 1 saturated heterocycles. The summed E-state index contributed by atoms with van der Waals surface area (Å²) >= 11 is 0. The van der Waals surface area contributed by atoms with Crippen molar-refractivity contribution in [3.63, 3.8) is 0 Å². The molecule has 0 aliphatic carbocycles. The second-order valence-corrected chi connectivity index (χ2v) is 4.17. The number of nitrogens with one attached hydrogen (secondary N) is 2. The van der Waals surface area contributed by atoms with E-state index in [0.717, 1.165) is 25.2 Å². The molecule has 20 heavy (non-hydrogen) atoms. The fraction of sp³-hybridized carbons (Fsp3) is 0.538. The fourth-order valence-corrected chi connectivity index (χ4v) is 2.19. The first-order chi connectivity index (χ1) is 8.80. The van der Waals surface area contributed by atoms with Crippen LogP contribution in [0, 0.1) is 0 Å². The van der Waals surface area contributed by atoms with Gasteiger partial charge in [0.15, 0.2) is 11.5 Å².